The molecule has 0 radical (unpaired) electrons. The second-order valence-electron chi connectivity index (χ2n) is 3.03. The van der Waals surface area contributed by atoms with Gasteiger partial charge in [0.25, 0.3) is 0 Å². The highest BCUT2D eigenvalue weighted by Gasteiger charge is 2.11. The first-order valence-electron chi connectivity index (χ1n) is 4.42. The first kappa shape index (κ1) is 9.98. The summed E-state index contributed by atoms with van der Waals surface area (Å²) in [4.78, 5) is 4.13. The van der Waals surface area contributed by atoms with Gasteiger partial charge in [0.1, 0.15) is 5.75 Å². The van der Waals surface area contributed by atoms with E-state index in [-0.39, 0.29) is 0 Å². The lowest BCUT2D eigenvalue weighted by atomic mass is 10.2. The molecule has 0 bridgehead atoms. The van der Waals surface area contributed by atoms with Gasteiger partial charge >= 0.3 is 0 Å². The standard InChI is InChI=1S/C10H10ClN3O/c1-14-10(11)12-9(13-14)7-5-3-4-6-8(7)15-2/h3-6H,1-2H3. The molecule has 0 unspecified atom stereocenters. The van der Waals surface area contributed by atoms with Crippen LogP contribution in [-0.4, -0.2) is 21.9 Å². The molecule has 0 spiro atoms. The number of hydrogen-bond acceptors (Lipinski definition) is 3. The third-order valence-electron chi connectivity index (χ3n) is 2.06. The van der Waals surface area contributed by atoms with Crippen LogP contribution in [0.2, 0.25) is 5.28 Å². The van der Waals surface area contributed by atoms with Crippen molar-refractivity contribution in [2.75, 3.05) is 7.11 Å². The number of para-hydroxylation sites is 1. The smallest absolute Gasteiger partial charge is 0.221 e. The van der Waals surface area contributed by atoms with Gasteiger partial charge in [-0.1, -0.05) is 12.1 Å². The number of hydrogen-bond donors (Lipinski definition) is 0. The maximum atomic E-state index is 5.82. The van der Waals surface area contributed by atoms with Crippen LogP contribution < -0.4 is 4.74 Å². The molecule has 2 aromatic rings. The number of rotatable bonds is 2. The number of benzene rings is 1. The summed E-state index contributed by atoms with van der Waals surface area (Å²) in [5.41, 5.74) is 0.836. The van der Waals surface area contributed by atoms with Gasteiger partial charge in [-0.3, -0.25) is 0 Å². The second kappa shape index (κ2) is 3.90. The normalized spacial score (nSPS) is 10.3. The molecule has 15 heavy (non-hydrogen) atoms. The van der Waals surface area contributed by atoms with Crippen molar-refractivity contribution in [3.05, 3.63) is 29.5 Å². The van der Waals surface area contributed by atoms with Crippen molar-refractivity contribution < 1.29 is 4.74 Å². The predicted octanol–water partition coefficient (Wildman–Crippen LogP) is 2.14. The zero-order valence-electron chi connectivity index (χ0n) is 8.44. The summed E-state index contributed by atoms with van der Waals surface area (Å²) in [6.07, 6.45) is 0. The lowest BCUT2D eigenvalue weighted by Crippen LogP contribution is -1.91. The maximum Gasteiger partial charge on any atom is 0.221 e. The number of aryl methyl sites for hydroxylation is 1. The van der Waals surface area contributed by atoms with Crippen LogP contribution >= 0.6 is 11.6 Å². The zero-order valence-corrected chi connectivity index (χ0v) is 9.19. The molecule has 0 saturated carbocycles. The molecule has 0 fully saturated rings. The van der Waals surface area contributed by atoms with Crippen molar-refractivity contribution in [1.29, 1.82) is 0 Å². The Bertz CT molecular complexity index is 462. The Kier molecular flexibility index (Phi) is 2.60. The SMILES string of the molecule is COc1ccccc1-c1nc(Cl)n(C)n1. The minimum absolute atomic E-state index is 0.357. The topological polar surface area (TPSA) is 39.9 Å². The van der Waals surface area contributed by atoms with Crippen molar-refractivity contribution in [3.8, 4) is 17.1 Å². The minimum Gasteiger partial charge on any atom is -0.496 e. The molecule has 0 aliphatic carbocycles. The zero-order chi connectivity index (χ0) is 10.8. The van der Waals surface area contributed by atoms with Crippen LogP contribution in [0.5, 0.6) is 5.75 Å². The highest BCUT2D eigenvalue weighted by Crippen LogP contribution is 2.27. The molecule has 0 aliphatic rings. The largest absolute Gasteiger partial charge is 0.496 e. The fraction of sp³-hybridized carbons (Fsp3) is 0.200. The van der Waals surface area contributed by atoms with Crippen LogP contribution in [0, 0.1) is 0 Å². The lowest BCUT2D eigenvalue weighted by Gasteiger charge is -2.03. The molecular weight excluding hydrogens is 214 g/mol. The van der Waals surface area contributed by atoms with Gasteiger partial charge in [0, 0.05) is 7.05 Å². The van der Waals surface area contributed by atoms with E-state index in [1.807, 2.05) is 24.3 Å². The van der Waals surface area contributed by atoms with Gasteiger partial charge < -0.3 is 4.74 Å². The van der Waals surface area contributed by atoms with Crippen molar-refractivity contribution >= 4 is 11.6 Å². The maximum absolute atomic E-state index is 5.82. The van der Waals surface area contributed by atoms with E-state index in [9.17, 15) is 0 Å². The third-order valence-corrected chi connectivity index (χ3v) is 2.39. The van der Waals surface area contributed by atoms with Crippen molar-refractivity contribution in [3.63, 3.8) is 0 Å². The molecule has 78 valence electrons. The van der Waals surface area contributed by atoms with Crippen molar-refractivity contribution in [1.82, 2.24) is 14.8 Å². The molecular formula is C10H10ClN3O. The highest BCUT2D eigenvalue weighted by atomic mass is 35.5. The second-order valence-corrected chi connectivity index (χ2v) is 3.37. The minimum atomic E-state index is 0.357. The fourth-order valence-corrected chi connectivity index (χ4v) is 1.43. The van der Waals surface area contributed by atoms with E-state index in [4.69, 9.17) is 16.3 Å². The monoisotopic (exact) mass is 223 g/mol. The van der Waals surface area contributed by atoms with Crippen LogP contribution in [0.4, 0.5) is 0 Å². The Morgan fingerprint density at radius 1 is 1.33 bits per heavy atom. The predicted molar refractivity (Wildman–Crippen MR) is 58.0 cm³/mol. The van der Waals surface area contributed by atoms with Gasteiger partial charge in [-0.05, 0) is 23.7 Å². The number of aromatic nitrogens is 3. The van der Waals surface area contributed by atoms with Crippen LogP contribution in [0.3, 0.4) is 0 Å². The van der Waals surface area contributed by atoms with E-state index in [0.29, 0.717) is 11.1 Å². The van der Waals surface area contributed by atoms with E-state index in [1.54, 1.807) is 14.2 Å². The Morgan fingerprint density at radius 2 is 2.07 bits per heavy atom. The number of ether oxygens (including phenoxy) is 1. The van der Waals surface area contributed by atoms with Crippen LogP contribution in [0.25, 0.3) is 11.4 Å². The summed E-state index contributed by atoms with van der Waals surface area (Å²) >= 11 is 5.82. The highest BCUT2D eigenvalue weighted by molar-refractivity contribution is 6.28. The van der Waals surface area contributed by atoms with Crippen molar-refractivity contribution in [2.45, 2.75) is 0 Å². The molecule has 1 heterocycles. The first-order valence-corrected chi connectivity index (χ1v) is 4.80. The quantitative estimate of drug-likeness (QED) is 0.783. The van der Waals surface area contributed by atoms with Crippen molar-refractivity contribution in [2.24, 2.45) is 7.05 Å². The van der Waals surface area contributed by atoms with Crippen LogP contribution in [0.1, 0.15) is 0 Å². The average molecular weight is 224 g/mol. The summed E-state index contributed by atoms with van der Waals surface area (Å²) in [6, 6.07) is 7.55. The summed E-state index contributed by atoms with van der Waals surface area (Å²) in [5.74, 6) is 1.31. The van der Waals surface area contributed by atoms with Gasteiger partial charge in [0.05, 0.1) is 12.7 Å². The Balaban J connectivity index is 2.53. The Morgan fingerprint density at radius 3 is 2.67 bits per heavy atom. The molecule has 4 nitrogen and oxygen atoms in total. The lowest BCUT2D eigenvalue weighted by molar-refractivity contribution is 0.416. The molecule has 0 saturated heterocycles. The van der Waals surface area contributed by atoms with Gasteiger partial charge in [-0.2, -0.15) is 4.98 Å². The molecule has 1 aromatic heterocycles. The fourth-order valence-electron chi connectivity index (χ4n) is 1.31. The molecule has 0 aliphatic heterocycles. The van der Waals surface area contributed by atoms with E-state index in [1.165, 1.54) is 4.68 Å². The Labute approximate surface area is 92.5 Å². The van der Waals surface area contributed by atoms with Gasteiger partial charge in [-0.25, -0.2) is 4.68 Å². The molecule has 0 amide bonds. The van der Waals surface area contributed by atoms with Crippen LogP contribution in [-0.2, 0) is 7.05 Å². The first-order chi connectivity index (χ1) is 7.22. The van der Waals surface area contributed by atoms with E-state index >= 15 is 0 Å². The molecule has 2 rings (SSSR count). The number of nitrogens with zero attached hydrogens (tertiary/aromatic N) is 3. The van der Waals surface area contributed by atoms with Gasteiger partial charge in [-0.15, -0.1) is 5.10 Å². The molecule has 0 atom stereocenters. The Hall–Kier alpha value is -1.55. The van der Waals surface area contributed by atoms with E-state index in [0.717, 1.165) is 11.3 Å². The third kappa shape index (κ3) is 1.80. The number of methoxy groups -OCH3 is 1. The molecule has 5 heteroatoms. The van der Waals surface area contributed by atoms with E-state index in [2.05, 4.69) is 10.1 Å². The van der Waals surface area contributed by atoms with Crippen LogP contribution in [0.15, 0.2) is 24.3 Å². The summed E-state index contributed by atoms with van der Waals surface area (Å²) in [5, 5.41) is 4.54. The number of halogens is 1. The summed E-state index contributed by atoms with van der Waals surface area (Å²) in [7, 11) is 3.36. The van der Waals surface area contributed by atoms with Gasteiger partial charge in [0.15, 0.2) is 5.82 Å². The molecule has 1 aromatic carbocycles. The summed E-state index contributed by atoms with van der Waals surface area (Å²) in [6.45, 7) is 0. The van der Waals surface area contributed by atoms with Gasteiger partial charge in [0.2, 0.25) is 5.28 Å². The molecule has 0 N–H and O–H groups in total. The van der Waals surface area contributed by atoms with E-state index < -0.39 is 0 Å². The average Bonchev–Trinajstić information content (AvgIpc) is 2.59. The summed E-state index contributed by atoms with van der Waals surface area (Å²) < 4.78 is 6.73.